The zero-order valence-corrected chi connectivity index (χ0v) is 12.3. The molecule has 2 atom stereocenters. The second kappa shape index (κ2) is 5.17. The highest BCUT2D eigenvalue weighted by atomic mass is 35.5. The van der Waals surface area contributed by atoms with Crippen LogP contribution in [0.2, 0.25) is 0 Å². The SMILES string of the molecule is CCC(C)=N[C@]1(CCl)C(=O)N2C(C(=O)O)=CCS[C@H]21. The molecule has 2 aliphatic rings. The van der Waals surface area contributed by atoms with Crippen molar-refractivity contribution in [1.82, 2.24) is 4.90 Å². The van der Waals surface area contributed by atoms with E-state index in [0.717, 1.165) is 12.1 Å². The Morgan fingerprint density at radius 2 is 2.42 bits per heavy atom. The number of fused-ring (bicyclic) bond motifs is 1. The van der Waals surface area contributed by atoms with E-state index in [2.05, 4.69) is 4.99 Å². The van der Waals surface area contributed by atoms with Gasteiger partial charge in [-0.25, -0.2) is 4.79 Å². The van der Waals surface area contributed by atoms with E-state index >= 15 is 0 Å². The lowest BCUT2D eigenvalue weighted by atomic mass is 9.89. The summed E-state index contributed by atoms with van der Waals surface area (Å²) in [6.45, 7) is 3.81. The predicted octanol–water partition coefficient (Wildman–Crippen LogP) is 1.72. The number of hydrogen-bond acceptors (Lipinski definition) is 4. The van der Waals surface area contributed by atoms with Gasteiger partial charge in [-0.15, -0.1) is 23.4 Å². The zero-order valence-electron chi connectivity index (χ0n) is 10.7. The molecular formula is C12H15ClN2O3S. The predicted molar refractivity (Wildman–Crippen MR) is 75.7 cm³/mol. The van der Waals surface area contributed by atoms with Crippen molar-refractivity contribution >= 4 is 41.0 Å². The van der Waals surface area contributed by atoms with E-state index in [1.54, 1.807) is 6.08 Å². The molecule has 7 heteroatoms. The molecule has 5 nitrogen and oxygen atoms in total. The maximum atomic E-state index is 12.3. The Bertz CT molecular complexity index is 491. The third-order valence-corrected chi connectivity index (χ3v) is 5.03. The molecule has 0 aliphatic carbocycles. The quantitative estimate of drug-likeness (QED) is 0.488. The fourth-order valence-electron chi connectivity index (χ4n) is 2.20. The van der Waals surface area contributed by atoms with Gasteiger partial charge in [-0.1, -0.05) is 6.92 Å². The Balaban J connectivity index is 2.36. The standard InChI is InChI=1S/C12H15ClN2O3S/c1-3-7(2)14-12(6-13)10(18)15-8(9(16)17)4-5-19-11(12)15/h4,11H,3,5-6H2,1-2H3,(H,16,17)/t11-,12+/m0/s1. The van der Waals surface area contributed by atoms with Crippen LogP contribution in [-0.2, 0) is 9.59 Å². The lowest BCUT2D eigenvalue weighted by Crippen LogP contribution is -2.73. The molecule has 1 fully saturated rings. The molecule has 0 aromatic heterocycles. The first kappa shape index (κ1) is 14.4. The highest BCUT2D eigenvalue weighted by molar-refractivity contribution is 8.00. The number of hydrogen-bond donors (Lipinski definition) is 1. The molecule has 1 N–H and O–H groups in total. The summed E-state index contributed by atoms with van der Waals surface area (Å²) in [7, 11) is 0. The molecule has 1 saturated heterocycles. The molecule has 2 rings (SSSR count). The zero-order chi connectivity index (χ0) is 14.2. The third kappa shape index (κ3) is 2.07. The number of thioether (sulfide) groups is 1. The summed E-state index contributed by atoms with van der Waals surface area (Å²) >= 11 is 7.46. The monoisotopic (exact) mass is 302 g/mol. The van der Waals surface area contributed by atoms with Gasteiger partial charge >= 0.3 is 5.97 Å². The molecule has 19 heavy (non-hydrogen) atoms. The summed E-state index contributed by atoms with van der Waals surface area (Å²) in [4.78, 5) is 29.2. The van der Waals surface area contributed by atoms with Gasteiger partial charge < -0.3 is 5.11 Å². The lowest BCUT2D eigenvalue weighted by molar-refractivity contribution is -0.153. The topological polar surface area (TPSA) is 70.0 Å². The van der Waals surface area contributed by atoms with Crippen LogP contribution >= 0.6 is 23.4 Å². The maximum Gasteiger partial charge on any atom is 0.352 e. The van der Waals surface area contributed by atoms with Gasteiger partial charge in [0, 0.05) is 11.5 Å². The third-order valence-electron chi connectivity index (χ3n) is 3.35. The number of carbonyl (C=O) groups excluding carboxylic acids is 1. The molecule has 0 aromatic carbocycles. The van der Waals surface area contributed by atoms with Crippen molar-refractivity contribution in [3.05, 3.63) is 11.8 Å². The minimum Gasteiger partial charge on any atom is -0.477 e. The minimum atomic E-state index is -1.09. The Morgan fingerprint density at radius 1 is 1.74 bits per heavy atom. The van der Waals surface area contributed by atoms with E-state index in [1.807, 2.05) is 13.8 Å². The largest absolute Gasteiger partial charge is 0.477 e. The minimum absolute atomic E-state index is 0.0406. The van der Waals surface area contributed by atoms with Gasteiger partial charge in [0.1, 0.15) is 11.1 Å². The number of aliphatic carboxylic acids is 1. The normalized spacial score (nSPS) is 30.6. The van der Waals surface area contributed by atoms with Crippen molar-refractivity contribution in [1.29, 1.82) is 0 Å². The van der Waals surface area contributed by atoms with Crippen molar-refractivity contribution in [2.75, 3.05) is 11.6 Å². The first-order valence-electron chi connectivity index (χ1n) is 5.98. The van der Waals surface area contributed by atoms with E-state index in [4.69, 9.17) is 16.7 Å². The molecule has 0 spiro atoms. The Kier molecular flexibility index (Phi) is 3.92. The van der Waals surface area contributed by atoms with Crippen LogP contribution in [0.1, 0.15) is 20.3 Å². The first-order valence-corrected chi connectivity index (χ1v) is 7.56. The number of β-lactam (4-membered cyclic amide) rings is 1. The average molecular weight is 303 g/mol. The number of halogens is 1. The van der Waals surface area contributed by atoms with Gasteiger partial charge in [-0.3, -0.25) is 14.7 Å². The highest BCUT2D eigenvalue weighted by Gasteiger charge is 2.63. The molecule has 2 heterocycles. The molecule has 0 aromatic rings. The Morgan fingerprint density at radius 3 is 2.95 bits per heavy atom. The van der Waals surface area contributed by atoms with Gasteiger partial charge in [0.05, 0.1) is 5.88 Å². The molecule has 0 bridgehead atoms. The van der Waals surface area contributed by atoms with Crippen molar-refractivity contribution in [2.45, 2.75) is 31.2 Å². The smallest absolute Gasteiger partial charge is 0.352 e. The number of rotatable bonds is 4. The van der Waals surface area contributed by atoms with Crippen molar-refractivity contribution in [3.8, 4) is 0 Å². The number of alkyl halides is 1. The Hall–Kier alpha value is -1.01. The van der Waals surface area contributed by atoms with E-state index < -0.39 is 11.5 Å². The van der Waals surface area contributed by atoms with Gasteiger partial charge in [-0.2, -0.15) is 0 Å². The van der Waals surface area contributed by atoms with Crippen molar-refractivity contribution in [2.24, 2.45) is 4.99 Å². The summed E-state index contributed by atoms with van der Waals surface area (Å²) in [5.74, 6) is -0.779. The highest BCUT2D eigenvalue weighted by Crippen LogP contribution is 2.47. The second-order valence-electron chi connectivity index (χ2n) is 4.51. The fraction of sp³-hybridized carbons (Fsp3) is 0.583. The number of aliphatic imine (C=N–C) groups is 1. The Labute approximate surface area is 120 Å². The average Bonchev–Trinajstić information content (AvgIpc) is 2.42. The first-order chi connectivity index (χ1) is 8.97. The lowest BCUT2D eigenvalue weighted by Gasteiger charge is -2.53. The molecule has 0 saturated carbocycles. The number of carboxylic acids is 1. The maximum absolute atomic E-state index is 12.3. The summed E-state index contributed by atoms with van der Waals surface area (Å²) in [5.41, 5.74) is -0.110. The number of amides is 1. The summed E-state index contributed by atoms with van der Waals surface area (Å²) < 4.78 is 0. The van der Waals surface area contributed by atoms with Gasteiger partial charge in [-0.05, 0) is 19.4 Å². The molecule has 1 amide bonds. The van der Waals surface area contributed by atoms with Crippen LogP contribution in [0.25, 0.3) is 0 Å². The van der Waals surface area contributed by atoms with E-state index in [-0.39, 0.29) is 22.9 Å². The van der Waals surface area contributed by atoms with Crippen LogP contribution < -0.4 is 0 Å². The summed E-state index contributed by atoms with van der Waals surface area (Å²) in [5, 5.41) is 8.80. The van der Waals surface area contributed by atoms with Crippen LogP contribution in [-0.4, -0.2) is 50.1 Å². The van der Waals surface area contributed by atoms with Crippen LogP contribution in [0, 0.1) is 0 Å². The molecule has 104 valence electrons. The molecule has 0 unspecified atom stereocenters. The van der Waals surface area contributed by atoms with Crippen LogP contribution in [0.15, 0.2) is 16.8 Å². The van der Waals surface area contributed by atoms with Crippen molar-refractivity contribution in [3.63, 3.8) is 0 Å². The van der Waals surface area contributed by atoms with Crippen LogP contribution in [0.3, 0.4) is 0 Å². The number of carboxylic acid groups (broad SMARTS) is 1. The molecule has 0 radical (unpaired) electrons. The van der Waals surface area contributed by atoms with E-state index in [9.17, 15) is 9.59 Å². The van der Waals surface area contributed by atoms with Gasteiger partial charge in [0.2, 0.25) is 0 Å². The van der Waals surface area contributed by atoms with E-state index in [1.165, 1.54) is 16.7 Å². The van der Waals surface area contributed by atoms with Gasteiger partial charge in [0.15, 0.2) is 5.54 Å². The number of carbonyl (C=O) groups is 2. The second-order valence-corrected chi connectivity index (χ2v) is 5.89. The molecular weight excluding hydrogens is 288 g/mol. The molecule has 2 aliphatic heterocycles. The van der Waals surface area contributed by atoms with E-state index in [0.29, 0.717) is 5.75 Å². The van der Waals surface area contributed by atoms with Crippen LogP contribution in [0.4, 0.5) is 0 Å². The van der Waals surface area contributed by atoms with Crippen LogP contribution in [0.5, 0.6) is 0 Å². The summed E-state index contributed by atoms with van der Waals surface area (Å²) in [6, 6.07) is 0. The van der Waals surface area contributed by atoms with Gasteiger partial charge in [0.25, 0.3) is 5.91 Å². The summed E-state index contributed by atoms with van der Waals surface area (Å²) in [6.07, 6.45) is 2.29. The van der Waals surface area contributed by atoms with Crippen molar-refractivity contribution < 1.29 is 14.7 Å². The fourth-order valence-corrected chi connectivity index (χ4v) is 3.92. The number of nitrogens with zero attached hydrogens (tertiary/aromatic N) is 2.